The van der Waals surface area contributed by atoms with Crippen molar-refractivity contribution >= 4 is 32.3 Å². The van der Waals surface area contributed by atoms with Crippen molar-refractivity contribution in [2.75, 3.05) is 0 Å². The predicted molar refractivity (Wildman–Crippen MR) is 200 cm³/mol. The Balaban J connectivity index is 1.35. The Bertz CT molecular complexity index is 2600. The van der Waals surface area contributed by atoms with Gasteiger partial charge in [-0.3, -0.25) is 0 Å². The van der Waals surface area contributed by atoms with Crippen molar-refractivity contribution in [1.29, 1.82) is 0 Å². The van der Waals surface area contributed by atoms with Crippen LogP contribution in [0.1, 0.15) is 0 Å². The van der Waals surface area contributed by atoms with Crippen molar-refractivity contribution in [3.05, 3.63) is 176 Å². The smallest absolute Gasteiger partial charge is 0.165 e. The zero-order valence-corrected chi connectivity index (χ0v) is 26.1. The van der Waals surface area contributed by atoms with E-state index >= 15 is 0 Å². The molecule has 1 aromatic heterocycles. The number of hydrogen-bond donors (Lipinski definition) is 0. The molecular weight excluding hydrogens is 583 g/mol. The first kappa shape index (κ1) is 27.8. The van der Waals surface area contributed by atoms with E-state index in [0.29, 0.717) is 17.5 Å². The van der Waals surface area contributed by atoms with Gasteiger partial charge in [-0.25, -0.2) is 15.0 Å². The molecule has 48 heavy (non-hydrogen) atoms. The molecular formula is C45H29N3. The van der Waals surface area contributed by atoms with E-state index in [1.165, 1.54) is 21.9 Å². The Labute approximate surface area is 278 Å². The molecule has 0 aliphatic carbocycles. The van der Waals surface area contributed by atoms with Gasteiger partial charge < -0.3 is 0 Å². The van der Waals surface area contributed by atoms with Crippen LogP contribution in [0.15, 0.2) is 176 Å². The molecule has 0 unspecified atom stereocenters. The van der Waals surface area contributed by atoms with Crippen LogP contribution in [0.5, 0.6) is 0 Å². The molecule has 1 heterocycles. The minimum atomic E-state index is 0.642. The maximum Gasteiger partial charge on any atom is 0.165 e. The first-order valence-corrected chi connectivity index (χ1v) is 16.2. The number of nitrogens with zero attached hydrogens (tertiary/aromatic N) is 3. The summed E-state index contributed by atoms with van der Waals surface area (Å²) in [4.78, 5) is 15.7. The summed E-state index contributed by atoms with van der Waals surface area (Å²) in [6, 6.07) is 61.6. The van der Waals surface area contributed by atoms with Gasteiger partial charge in [0.25, 0.3) is 0 Å². The van der Waals surface area contributed by atoms with Gasteiger partial charge in [-0.2, -0.15) is 0 Å². The van der Waals surface area contributed by atoms with Crippen molar-refractivity contribution in [2.45, 2.75) is 0 Å². The minimum absolute atomic E-state index is 0.642. The molecule has 0 aliphatic rings. The van der Waals surface area contributed by atoms with Crippen LogP contribution in [0.3, 0.4) is 0 Å². The summed E-state index contributed by atoms with van der Waals surface area (Å²) in [5, 5.41) is 6.88. The highest BCUT2D eigenvalue weighted by Crippen LogP contribution is 2.41. The Morgan fingerprint density at radius 2 is 0.750 bits per heavy atom. The second kappa shape index (κ2) is 11.7. The molecule has 0 atom stereocenters. The lowest BCUT2D eigenvalue weighted by atomic mass is 9.90. The zero-order valence-electron chi connectivity index (χ0n) is 26.1. The number of hydrogen-bond acceptors (Lipinski definition) is 3. The highest BCUT2D eigenvalue weighted by atomic mass is 15.0. The number of fused-ring (bicyclic) bond motifs is 3. The molecule has 9 aromatic rings. The van der Waals surface area contributed by atoms with Crippen LogP contribution in [0.4, 0.5) is 0 Å². The van der Waals surface area contributed by atoms with E-state index in [1.54, 1.807) is 0 Å². The van der Waals surface area contributed by atoms with E-state index in [4.69, 9.17) is 15.0 Å². The summed E-state index contributed by atoms with van der Waals surface area (Å²) >= 11 is 0. The van der Waals surface area contributed by atoms with E-state index < -0.39 is 0 Å². The third-order valence-electron chi connectivity index (χ3n) is 9.15. The predicted octanol–water partition coefficient (Wildman–Crippen LogP) is 11.7. The number of aromatic nitrogens is 3. The second-order valence-corrected chi connectivity index (χ2v) is 12.0. The van der Waals surface area contributed by atoms with Gasteiger partial charge in [0.1, 0.15) is 0 Å². The first-order valence-electron chi connectivity index (χ1n) is 16.2. The van der Waals surface area contributed by atoms with Crippen LogP contribution in [0.2, 0.25) is 0 Å². The molecule has 0 radical (unpaired) electrons. The molecule has 0 bridgehead atoms. The molecule has 3 heteroatoms. The lowest BCUT2D eigenvalue weighted by Crippen LogP contribution is -2.02. The third-order valence-corrected chi connectivity index (χ3v) is 9.15. The van der Waals surface area contributed by atoms with Crippen molar-refractivity contribution < 1.29 is 0 Å². The fraction of sp³-hybridized carbons (Fsp3) is 0. The van der Waals surface area contributed by atoms with Gasteiger partial charge in [0.15, 0.2) is 17.5 Å². The molecule has 224 valence electrons. The van der Waals surface area contributed by atoms with Crippen LogP contribution < -0.4 is 0 Å². The van der Waals surface area contributed by atoms with Crippen LogP contribution >= 0.6 is 0 Å². The van der Waals surface area contributed by atoms with Gasteiger partial charge in [0, 0.05) is 16.7 Å². The van der Waals surface area contributed by atoms with Crippen LogP contribution in [0.25, 0.3) is 88.7 Å². The van der Waals surface area contributed by atoms with Gasteiger partial charge >= 0.3 is 0 Å². The largest absolute Gasteiger partial charge is 0.208 e. The Morgan fingerprint density at radius 3 is 1.52 bits per heavy atom. The van der Waals surface area contributed by atoms with Gasteiger partial charge in [0.05, 0.1) is 0 Å². The molecule has 9 rings (SSSR count). The second-order valence-electron chi connectivity index (χ2n) is 12.0. The van der Waals surface area contributed by atoms with Gasteiger partial charge in [-0.1, -0.05) is 176 Å². The molecule has 0 N–H and O–H groups in total. The molecule has 0 aliphatic heterocycles. The molecule has 3 nitrogen and oxygen atoms in total. The van der Waals surface area contributed by atoms with Crippen molar-refractivity contribution in [3.8, 4) is 56.4 Å². The average molecular weight is 612 g/mol. The first-order chi connectivity index (χ1) is 23.8. The van der Waals surface area contributed by atoms with Crippen LogP contribution in [0, 0.1) is 0 Å². The average Bonchev–Trinajstić information content (AvgIpc) is 3.17. The van der Waals surface area contributed by atoms with Crippen LogP contribution in [-0.4, -0.2) is 15.0 Å². The summed E-state index contributed by atoms with van der Waals surface area (Å²) in [6.07, 6.45) is 0. The number of rotatable bonds is 5. The van der Waals surface area contributed by atoms with E-state index in [0.717, 1.165) is 49.4 Å². The fourth-order valence-corrected chi connectivity index (χ4v) is 6.90. The van der Waals surface area contributed by atoms with E-state index in [9.17, 15) is 0 Å². The quantitative estimate of drug-likeness (QED) is 0.194. The third kappa shape index (κ3) is 4.81. The SMILES string of the molecule is c1ccc(-c2nc(-c3c(-c4cccc5ccccc45)ccc4ccccc34)nc(-c3cccc4c(-c5ccccc5)cccc34)n2)cc1. The lowest BCUT2D eigenvalue weighted by molar-refractivity contribution is 1.08. The fourth-order valence-electron chi connectivity index (χ4n) is 6.90. The lowest BCUT2D eigenvalue weighted by Gasteiger charge is -2.17. The highest BCUT2D eigenvalue weighted by molar-refractivity contribution is 6.08. The van der Waals surface area contributed by atoms with E-state index in [1.807, 2.05) is 18.2 Å². The van der Waals surface area contributed by atoms with Crippen molar-refractivity contribution in [2.24, 2.45) is 0 Å². The van der Waals surface area contributed by atoms with Crippen molar-refractivity contribution in [3.63, 3.8) is 0 Å². The minimum Gasteiger partial charge on any atom is -0.208 e. The summed E-state index contributed by atoms with van der Waals surface area (Å²) in [6.45, 7) is 0. The molecule has 0 fully saturated rings. The maximum atomic E-state index is 5.35. The Kier molecular flexibility index (Phi) is 6.80. The standard InChI is InChI=1S/C45H29N3/c1-3-14-30(15-4-1)35-23-12-26-39-37(35)25-13-27-41(39)44-46-43(33-18-5-2-6-19-33)47-45(48-44)42-36-22-10-8-17-32(36)28-29-40(42)38-24-11-20-31-16-7-9-21-34(31)38/h1-29H. The molecule has 0 spiro atoms. The maximum absolute atomic E-state index is 5.35. The molecule has 0 saturated carbocycles. The molecule has 0 amide bonds. The summed E-state index contributed by atoms with van der Waals surface area (Å²) in [5.41, 5.74) is 7.51. The van der Waals surface area contributed by atoms with E-state index in [2.05, 4.69) is 158 Å². The van der Waals surface area contributed by atoms with Gasteiger partial charge in [-0.15, -0.1) is 0 Å². The number of benzene rings is 8. The normalized spacial score (nSPS) is 11.3. The van der Waals surface area contributed by atoms with Crippen LogP contribution in [-0.2, 0) is 0 Å². The van der Waals surface area contributed by atoms with E-state index in [-0.39, 0.29) is 0 Å². The monoisotopic (exact) mass is 611 g/mol. The van der Waals surface area contributed by atoms with Gasteiger partial charge in [-0.05, 0) is 54.6 Å². The topological polar surface area (TPSA) is 38.7 Å². The summed E-state index contributed by atoms with van der Waals surface area (Å²) in [5.74, 6) is 1.94. The Hall–Kier alpha value is -6.45. The molecule has 8 aromatic carbocycles. The summed E-state index contributed by atoms with van der Waals surface area (Å²) < 4.78 is 0. The summed E-state index contributed by atoms with van der Waals surface area (Å²) in [7, 11) is 0. The highest BCUT2D eigenvalue weighted by Gasteiger charge is 2.20. The van der Waals surface area contributed by atoms with Gasteiger partial charge in [0.2, 0.25) is 0 Å². The Morgan fingerprint density at radius 1 is 0.250 bits per heavy atom. The molecule has 0 saturated heterocycles. The van der Waals surface area contributed by atoms with Crippen molar-refractivity contribution in [1.82, 2.24) is 15.0 Å². The zero-order chi connectivity index (χ0) is 31.9.